The Balaban J connectivity index is 1.58. The summed E-state index contributed by atoms with van der Waals surface area (Å²) in [5.74, 6) is 1.75. The first-order chi connectivity index (χ1) is 18.1. The van der Waals surface area contributed by atoms with Crippen LogP contribution in [0.4, 0.5) is 5.82 Å². The van der Waals surface area contributed by atoms with Crippen molar-refractivity contribution in [1.29, 1.82) is 0 Å². The van der Waals surface area contributed by atoms with Crippen LogP contribution in [0.2, 0.25) is 0 Å². The van der Waals surface area contributed by atoms with Crippen LogP contribution in [0.15, 0.2) is 54.2 Å². The fourth-order valence-electron chi connectivity index (χ4n) is 4.68. The Morgan fingerprint density at radius 1 is 1.24 bits per heavy atom. The molecule has 3 aromatic rings. The van der Waals surface area contributed by atoms with Gasteiger partial charge in [0.15, 0.2) is 5.82 Å². The van der Waals surface area contributed by atoms with Crippen LogP contribution in [-0.4, -0.2) is 65.8 Å². The molecule has 1 fully saturated rings. The molecular weight excluding hydrogens is 500 g/mol. The molecule has 1 aliphatic carbocycles. The first-order valence-corrected chi connectivity index (χ1v) is 14.6. The van der Waals surface area contributed by atoms with Gasteiger partial charge in [-0.05, 0) is 55.7 Å². The third-order valence-corrected chi connectivity index (χ3v) is 7.50. The summed E-state index contributed by atoms with van der Waals surface area (Å²) in [6, 6.07) is 8.37. The number of hydrogen-bond donors (Lipinski definition) is 2. The highest BCUT2D eigenvalue weighted by Gasteiger charge is 2.24. The third kappa shape index (κ3) is 7.26. The van der Waals surface area contributed by atoms with E-state index in [4.69, 9.17) is 9.97 Å². The van der Waals surface area contributed by atoms with E-state index in [0.29, 0.717) is 18.3 Å². The molecule has 0 bridgehead atoms. The molecule has 2 heterocycles. The van der Waals surface area contributed by atoms with Crippen molar-refractivity contribution in [3.63, 3.8) is 0 Å². The second kappa shape index (κ2) is 11.9. The minimum Gasteiger partial charge on any atom is -0.367 e. The lowest BCUT2D eigenvalue weighted by Crippen LogP contribution is -2.33. The van der Waals surface area contributed by atoms with Gasteiger partial charge in [-0.25, -0.2) is 23.1 Å². The molecule has 0 atom stereocenters. The fraction of sp³-hybridized carbons (Fsp3) is 0.407. The van der Waals surface area contributed by atoms with Gasteiger partial charge in [0.25, 0.3) is 0 Å². The highest BCUT2D eigenvalue weighted by atomic mass is 32.2. The Morgan fingerprint density at radius 2 is 2.00 bits per heavy atom. The minimum absolute atomic E-state index is 0.237. The summed E-state index contributed by atoms with van der Waals surface area (Å²) in [7, 11) is 0.558. The van der Waals surface area contributed by atoms with Crippen LogP contribution < -0.4 is 10.0 Å². The Kier molecular flexibility index (Phi) is 8.58. The maximum atomic E-state index is 11.5. The van der Waals surface area contributed by atoms with Crippen LogP contribution in [0.25, 0.3) is 28.1 Å². The van der Waals surface area contributed by atoms with E-state index >= 15 is 0 Å². The molecule has 0 unspecified atom stereocenters. The van der Waals surface area contributed by atoms with E-state index in [0.717, 1.165) is 59.3 Å². The standard InChI is InChI=1S/C27H36N8O2S/c1-19(17-34(3)28-2)21-7-6-8-22(13-21)26-29-16-25(23-15-30-35(4)18-23)27(33-26)32-24-11-9-20(10-12-24)14-31-38(5,36)37/h6-8,13,15-18,20,24,31H,2,9-12,14H2,1,3-5H3,(H,29,32,33)/b19-17+. The smallest absolute Gasteiger partial charge is 0.208 e. The molecule has 2 N–H and O–H groups in total. The number of hydrogen-bond acceptors (Lipinski definition) is 8. The van der Waals surface area contributed by atoms with Gasteiger partial charge in [0.1, 0.15) is 5.82 Å². The normalized spacial score (nSPS) is 18.3. The van der Waals surface area contributed by atoms with Crippen molar-refractivity contribution < 1.29 is 8.42 Å². The van der Waals surface area contributed by atoms with Gasteiger partial charge < -0.3 is 5.32 Å². The number of benzene rings is 1. The van der Waals surface area contributed by atoms with Crippen LogP contribution in [0, 0.1) is 5.92 Å². The molecule has 11 heteroatoms. The Hall–Kier alpha value is -3.57. The Bertz CT molecular complexity index is 1410. The van der Waals surface area contributed by atoms with Crippen molar-refractivity contribution in [3.05, 3.63) is 54.6 Å². The third-order valence-electron chi connectivity index (χ3n) is 6.81. The molecule has 1 saturated carbocycles. The van der Waals surface area contributed by atoms with Gasteiger partial charge in [-0.15, -0.1) is 0 Å². The Labute approximate surface area is 224 Å². The lowest BCUT2D eigenvalue weighted by atomic mass is 9.86. The van der Waals surface area contributed by atoms with Gasteiger partial charge in [0.2, 0.25) is 10.0 Å². The van der Waals surface area contributed by atoms with Crippen LogP contribution in [0.5, 0.6) is 0 Å². The van der Waals surface area contributed by atoms with Crippen LogP contribution in [0.1, 0.15) is 38.2 Å². The lowest BCUT2D eigenvalue weighted by molar-refractivity contribution is 0.337. The van der Waals surface area contributed by atoms with Gasteiger partial charge in [-0.3, -0.25) is 9.69 Å². The molecule has 38 heavy (non-hydrogen) atoms. The lowest BCUT2D eigenvalue weighted by Gasteiger charge is -2.30. The zero-order valence-electron chi connectivity index (χ0n) is 22.4. The quantitative estimate of drug-likeness (QED) is 0.297. The van der Waals surface area contributed by atoms with Crippen molar-refractivity contribution in [2.24, 2.45) is 18.1 Å². The number of aromatic nitrogens is 4. The summed E-state index contributed by atoms with van der Waals surface area (Å²) >= 11 is 0. The number of allylic oxidation sites excluding steroid dienone is 1. The van der Waals surface area contributed by atoms with Crippen LogP contribution >= 0.6 is 0 Å². The summed E-state index contributed by atoms with van der Waals surface area (Å²) in [5, 5.41) is 13.6. The average Bonchev–Trinajstić information content (AvgIpc) is 3.33. The summed E-state index contributed by atoms with van der Waals surface area (Å²) in [6.07, 6.45) is 12.5. The van der Waals surface area contributed by atoms with Crippen molar-refractivity contribution in [3.8, 4) is 22.5 Å². The van der Waals surface area contributed by atoms with Crippen molar-refractivity contribution in [2.75, 3.05) is 25.2 Å². The highest BCUT2D eigenvalue weighted by molar-refractivity contribution is 7.88. The van der Waals surface area contributed by atoms with E-state index in [1.165, 1.54) is 6.26 Å². The van der Waals surface area contributed by atoms with E-state index in [-0.39, 0.29) is 6.04 Å². The van der Waals surface area contributed by atoms with Crippen molar-refractivity contribution >= 4 is 28.1 Å². The predicted octanol–water partition coefficient (Wildman–Crippen LogP) is 3.97. The first-order valence-electron chi connectivity index (χ1n) is 12.7. The molecular formula is C27H36N8O2S. The van der Waals surface area contributed by atoms with E-state index in [9.17, 15) is 8.42 Å². The number of hydrazone groups is 1. The van der Waals surface area contributed by atoms with Gasteiger partial charge in [0.05, 0.1) is 12.5 Å². The average molecular weight is 537 g/mol. The second-order valence-electron chi connectivity index (χ2n) is 9.95. The second-order valence-corrected chi connectivity index (χ2v) is 11.8. The van der Waals surface area contributed by atoms with Crippen molar-refractivity contribution in [1.82, 2.24) is 29.5 Å². The van der Waals surface area contributed by atoms with E-state index in [1.807, 2.05) is 64.0 Å². The molecule has 0 aliphatic heterocycles. The number of nitrogens with one attached hydrogen (secondary N) is 2. The molecule has 4 rings (SSSR count). The maximum absolute atomic E-state index is 11.5. The summed E-state index contributed by atoms with van der Waals surface area (Å²) in [4.78, 5) is 9.69. The van der Waals surface area contributed by atoms with Crippen LogP contribution in [0.3, 0.4) is 0 Å². The number of nitrogens with zero attached hydrogens (tertiary/aromatic N) is 6. The monoisotopic (exact) mass is 536 g/mol. The molecule has 2 aromatic heterocycles. The predicted molar refractivity (Wildman–Crippen MR) is 153 cm³/mol. The largest absolute Gasteiger partial charge is 0.367 e. The zero-order chi connectivity index (χ0) is 27.3. The number of rotatable bonds is 10. The van der Waals surface area contributed by atoms with E-state index in [1.54, 1.807) is 9.69 Å². The molecule has 1 aliphatic rings. The summed E-state index contributed by atoms with van der Waals surface area (Å²) in [5.41, 5.74) is 4.86. The number of anilines is 1. The Morgan fingerprint density at radius 3 is 2.66 bits per heavy atom. The molecule has 0 spiro atoms. The molecule has 0 saturated heterocycles. The topological polar surface area (TPSA) is 117 Å². The number of sulfonamides is 1. The molecule has 0 amide bonds. The van der Waals surface area contributed by atoms with Gasteiger partial charge in [0, 0.05) is 68.7 Å². The van der Waals surface area contributed by atoms with E-state index in [2.05, 4.69) is 33.0 Å². The zero-order valence-corrected chi connectivity index (χ0v) is 23.2. The SMILES string of the molecule is C=NN(C)/C=C(\C)c1cccc(-c2ncc(-c3cnn(C)c3)c(NC3CCC(CNS(C)(=O)=O)CC3)n2)c1. The summed E-state index contributed by atoms with van der Waals surface area (Å²) < 4.78 is 27.3. The van der Waals surface area contributed by atoms with Crippen molar-refractivity contribution in [2.45, 2.75) is 38.6 Å². The highest BCUT2D eigenvalue weighted by Crippen LogP contribution is 2.32. The van der Waals surface area contributed by atoms with E-state index < -0.39 is 10.0 Å². The minimum atomic E-state index is -3.17. The number of aryl methyl sites for hydroxylation is 1. The maximum Gasteiger partial charge on any atom is 0.208 e. The van der Waals surface area contributed by atoms with Gasteiger partial charge >= 0.3 is 0 Å². The van der Waals surface area contributed by atoms with Gasteiger partial charge in [-0.2, -0.15) is 10.2 Å². The molecule has 10 nitrogen and oxygen atoms in total. The molecule has 0 radical (unpaired) electrons. The fourth-order valence-corrected chi connectivity index (χ4v) is 5.21. The first kappa shape index (κ1) is 27.5. The molecule has 1 aromatic carbocycles. The summed E-state index contributed by atoms with van der Waals surface area (Å²) in [6.45, 7) is 6.08. The molecule has 202 valence electrons. The van der Waals surface area contributed by atoms with Crippen LogP contribution in [-0.2, 0) is 17.1 Å². The van der Waals surface area contributed by atoms with Gasteiger partial charge in [-0.1, -0.05) is 18.2 Å².